The molecule has 2 N–H and O–H groups in total. The van der Waals surface area contributed by atoms with Crippen molar-refractivity contribution in [1.29, 1.82) is 0 Å². The summed E-state index contributed by atoms with van der Waals surface area (Å²) in [7, 11) is -3.87. The zero-order chi connectivity index (χ0) is 15.7. The Morgan fingerprint density at radius 3 is 2.35 bits per heavy atom. The maximum Gasteiger partial charge on any atom is 0.242 e. The van der Waals surface area contributed by atoms with Gasteiger partial charge in [0.1, 0.15) is 4.90 Å². The van der Waals surface area contributed by atoms with Gasteiger partial charge in [-0.05, 0) is 44.4 Å². The fourth-order valence-electron chi connectivity index (χ4n) is 1.73. The van der Waals surface area contributed by atoms with Crippen LogP contribution in [0.3, 0.4) is 0 Å². The number of nitrogens with one attached hydrogen (secondary N) is 1. The van der Waals surface area contributed by atoms with Crippen molar-refractivity contribution in [3.8, 4) is 0 Å². The maximum atomic E-state index is 12.5. The molecule has 0 aromatic heterocycles. The molecule has 1 atom stereocenters. The Bertz CT molecular complexity index is 584. The Labute approximate surface area is 130 Å². The smallest absolute Gasteiger partial charge is 0.242 e. The third-order valence-electron chi connectivity index (χ3n) is 3.37. The number of aryl methyl sites for hydroxylation is 1. The average Bonchev–Trinajstić information content (AvgIpc) is 2.35. The number of halogens is 2. The second-order valence-electron chi connectivity index (χ2n) is 5.12. The van der Waals surface area contributed by atoms with Crippen LogP contribution >= 0.6 is 23.2 Å². The molecule has 0 saturated carbocycles. The van der Waals surface area contributed by atoms with Gasteiger partial charge in [0.15, 0.2) is 0 Å². The number of benzene rings is 1. The second-order valence-corrected chi connectivity index (χ2v) is 7.53. The van der Waals surface area contributed by atoms with Crippen molar-refractivity contribution in [3.05, 3.63) is 27.2 Å². The van der Waals surface area contributed by atoms with Gasteiger partial charge in [-0.3, -0.25) is 0 Å². The zero-order valence-electron chi connectivity index (χ0n) is 11.9. The predicted molar refractivity (Wildman–Crippen MR) is 82.0 cm³/mol. The van der Waals surface area contributed by atoms with E-state index >= 15 is 0 Å². The van der Waals surface area contributed by atoms with Crippen molar-refractivity contribution in [2.24, 2.45) is 0 Å². The highest BCUT2D eigenvalue weighted by Gasteiger charge is 2.31. The minimum Gasteiger partial charge on any atom is -0.394 e. The van der Waals surface area contributed by atoms with Crippen LogP contribution in [0.25, 0.3) is 0 Å². The molecule has 0 fully saturated rings. The molecule has 1 unspecified atom stereocenters. The molecule has 4 nitrogen and oxygen atoms in total. The average molecular weight is 340 g/mol. The van der Waals surface area contributed by atoms with E-state index in [9.17, 15) is 13.5 Å². The molecule has 0 aliphatic rings. The Kier molecular flexibility index (Phi) is 5.49. The summed E-state index contributed by atoms with van der Waals surface area (Å²) in [6, 6.07) is 1.63. The van der Waals surface area contributed by atoms with Crippen molar-refractivity contribution in [1.82, 2.24) is 4.72 Å². The van der Waals surface area contributed by atoms with Crippen LogP contribution in [0.1, 0.15) is 31.4 Å². The van der Waals surface area contributed by atoms with Gasteiger partial charge in [0.05, 0.1) is 17.2 Å². The summed E-state index contributed by atoms with van der Waals surface area (Å²) in [6.07, 6.45) is 0.443. The Morgan fingerprint density at radius 1 is 1.35 bits per heavy atom. The van der Waals surface area contributed by atoms with Gasteiger partial charge in [0.25, 0.3) is 0 Å². The molecule has 0 saturated heterocycles. The lowest BCUT2D eigenvalue weighted by molar-refractivity contribution is 0.191. The van der Waals surface area contributed by atoms with Gasteiger partial charge in [-0.1, -0.05) is 30.1 Å². The molecular formula is C13H19Cl2NO3S. The largest absolute Gasteiger partial charge is 0.394 e. The minimum absolute atomic E-state index is 0.0303. The zero-order valence-corrected chi connectivity index (χ0v) is 14.2. The van der Waals surface area contributed by atoms with E-state index in [1.165, 1.54) is 0 Å². The molecule has 0 heterocycles. The molecule has 0 radical (unpaired) electrons. The van der Waals surface area contributed by atoms with Crippen molar-refractivity contribution in [2.75, 3.05) is 6.61 Å². The van der Waals surface area contributed by atoms with Crippen LogP contribution in [-0.2, 0) is 10.0 Å². The number of sulfonamides is 1. The third kappa shape index (κ3) is 3.46. The highest BCUT2D eigenvalue weighted by atomic mass is 35.5. The monoisotopic (exact) mass is 339 g/mol. The van der Waals surface area contributed by atoms with Crippen LogP contribution in [-0.4, -0.2) is 25.7 Å². The van der Waals surface area contributed by atoms with Gasteiger partial charge in [-0.25, -0.2) is 13.1 Å². The summed E-state index contributed by atoms with van der Waals surface area (Å²) in [5.74, 6) is 0. The van der Waals surface area contributed by atoms with E-state index < -0.39 is 15.6 Å². The number of hydrogen-bond acceptors (Lipinski definition) is 3. The first-order valence-corrected chi connectivity index (χ1v) is 8.42. The van der Waals surface area contributed by atoms with Gasteiger partial charge in [-0.2, -0.15) is 0 Å². The molecule has 0 spiro atoms. The topological polar surface area (TPSA) is 66.4 Å². The van der Waals surface area contributed by atoms with Gasteiger partial charge >= 0.3 is 0 Å². The van der Waals surface area contributed by atoms with Crippen LogP contribution in [0.2, 0.25) is 10.0 Å². The van der Waals surface area contributed by atoms with Crippen molar-refractivity contribution < 1.29 is 13.5 Å². The van der Waals surface area contributed by atoms with Gasteiger partial charge in [0, 0.05) is 5.02 Å². The third-order valence-corrected chi connectivity index (χ3v) is 6.17. The van der Waals surface area contributed by atoms with Gasteiger partial charge < -0.3 is 5.11 Å². The molecular weight excluding hydrogens is 321 g/mol. The van der Waals surface area contributed by atoms with E-state index in [0.717, 1.165) is 0 Å². The highest BCUT2D eigenvalue weighted by Crippen LogP contribution is 2.34. The van der Waals surface area contributed by atoms with E-state index in [2.05, 4.69) is 4.72 Å². The molecule has 20 heavy (non-hydrogen) atoms. The van der Waals surface area contributed by atoms with Crippen LogP contribution in [0.5, 0.6) is 0 Å². The molecule has 0 bridgehead atoms. The number of aliphatic hydroxyl groups excluding tert-OH is 1. The Balaban J connectivity index is 3.44. The second kappa shape index (κ2) is 6.20. The summed E-state index contributed by atoms with van der Waals surface area (Å²) in [4.78, 5) is -0.0303. The van der Waals surface area contributed by atoms with E-state index in [4.69, 9.17) is 23.2 Å². The molecule has 1 rings (SSSR count). The van der Waals surface area contributed by atoms with E-state index in [1.54, 1.807) is 33.8 Å². The fourth-order valence-corrected chi connectivity index (χ4v) is 4.41. The summed E-state index contributed by atoms with van der Waals surface area (Å²) in [5, 5.41) is 9.85. The van der Waals surface area contributed by atoms with Crippen molar-refractivity contribution in [2.45, 2.75) is 44.6 Å². The summed E-state index contributed by atoms with van der Waals surface area (Å²) in [5.41, 5.74) is 0.0428. The van der Waals surface area contributed by atoms with Gasteiger partial charge in [-0.15, -0.1) is 0 Å². The van der Waals surface area contributed by atoms with E-state index in [-0.39, 0.29) is 16.5 Å². The molecule has 7 heteroatoms. The lowest BCUT2D eigenvalue weighted by atomic mass is 10.0. The summed E-state index contributed by atoms with van der Waals surface area (Å²) in [6.45, 7) is 6.41. The summed E-state index contributed by atoms with van der Waals surface area (Å²) < 4.78 is 27.6. The standard InChI is InChI=1S/C13H19Cl2NO3S/c1-5-13(4,7-17)16-20(18,19)12-9(3)10(14)6-8(2)11(12)15/h6,16-17H,5,7H2,1-4H3. The lowest BCUT2D eigenvalue weighted by Gasteiger charge is -2.27. The molecule has 1 aromatic carbocycles. The summed E-state index contributed by atoms with van der Waals surface area (Å²) >= 11 is 12.2. The highest BCUT2D eigenvalue weighted by molar-refractivity contribution is 7.89. The maximum absolute atomic E-state index is 12.5. The normalized spacial score (nSPS) is 15.2. The SMILES string of the molecule is CCC(C)(CO)NS(=O)(=O)c1c(C)c(Cl)cc(C)c1Cl. The van der Waals surface area contributed by atoms with Crippen molar-refractivity contribution in [3.63, 3.8) is 0 Å². The Hall–Kier alpha value is -0.330. The first-order valence-electron chi connectivity index (χ1n) is 6.18. The number of aliphatic hydroxyl groups is 1. The van der Waals surface area contributed by atoms with E-state index in [0.29, 0.717) is 22.6 Å². The Morgan fingerprint density at radius 2 is 1.90 bits per heavy atom. The van der Waals surface area contributed by atoms with Crippen LogP contribution in [0.15, 0.2) is 11.0 Å². The molecule has 0 amide bonds. The number of rotatable bonds is 5. The molecule has 1 aromatic rings. The molecule has 114 valence electrons. The van der Waals surface area contributed by atoms with Crippen molar-refractivity contribution >= 4 is 33.2 Å². The van der Waals surface area contributed by atoms with E-state index in [1.807, 2.05) is 0 Å². The predicted octanol–water partition coefficient (Wildman–Crippen LogP) is 3.05. The first kappa shape index (κ1) is 17.7. The molecule has 0 aliphatic heterocycles. The quantitative estimate of drug-likeness (QED) is 0.866. The van der Waals surface area contributed by atoms with Crippen LogP contribution in [0, 0.1) is 13.8 Å². The van der Waals surface area contributed by atoms with Crippen LogP contribution < -0.4 is 4.72 Å². The lowest BCUT2D eigenvalue weighted by Crippen LogP contribution is -2.48. The fraction of sp³-hybridized carbons (Fsp3) is 0.538. The van der Waals surface area contributed by atoms with Crippen LogP contribution in [0.4, 0.5) is 0 Å². The first-order chi connectivity index (χ1) is 9.08. The number of hydrogen-bond donors (Lipinski definition) is 2. The minimum atomic E-state index is -3.87. The van der Waals surface area contributed by atoms with Gasteiger partial charge in [0.2, 0.25) is 10.0 Å². The molecule has 0 aliphatic carbocycles.